The van der Waals surface area contributed by atoms with Gasteiger partial charge >= 0.3 is 0 Å². The molecule has 0 unspecified atom stereocenters. The fraction of sp³-hybridized carbons (Fsp3) is 0.125. The van der Waals surface area contributed by atoms with Crippen LogP contribution < -0.4 is 10.9 Å². The summed E-state index contributed by atoms with van der Waals surface area (Å²) in [6.45, 7) is 0. The van der Waals surface area contributed by atoms with E-state index in [0.29, 0.717) is 5.56 Å². The lowest BCUT2D eigenvalue weighted by atomic mass is 10.1. The van der Waals surface area contributed by atoms with Gasteiger partial charge in [-0.3, -0.25) is 20.4 Å². The number of halogens is 3. The Kier molecular flexibility index (Phi) is 5.65. The molecule has 0 bridgehead atoms. The van der Waals surface area contributed by atoms with Gasteiger partial charge in [0.2, 0.25) is 11.8 Å². The molecule has 0 radical (unpaired) electrons. The van der Waals surface area contributed by atoms with Crippen LogP contribution in [0.3, 0.4) is 0 Å². The summed E-state index contributed by atoms with van der Waals surface area (Å²) in [6, 6.07) is 9.51. The largest absolute Gasteiger partial charge is 0.273 e. The summed E-state index contributed by atoms with van der Waals surface area (Å²) in [6.07, 6.45) is -0.330. The first-order chi connectivity index (χ1) is 11.0. The number of nitrogens with one attached hydrogen (secondary N) is 2. The van der Waals surface area contributed by atoms with Gasteiger partial charge in [-0.25, -0.2) is 8.78 Å². The Morgan fingerprint density at radius 3 is 2.13 bits per heavy atom. The van der Waals surface area contributed by atoms with Crippen molar-refractivity contribution in [1.82, 2.24) is 10.9 Å². The van der Waals surface area contributed by atoms with Crippen molar-refractivity contribution in [3.63, 3.8) is 0 Å². The molecule has 0 aliphatic heterocycles. The monoisotopic (exact) mass is 338 g/mol. The second-order valence-corrected chi connectivity index (χ2v) is 5.18. The minimum absolute atomic E-state index is 0.0268. The van der Waals surface area contributed by atoms with Crippen LogP contribution in [-0.2, 0) is 22.4 Å². The van der Waals surface area contributed by atoms with Gasteiger partial charge in [0.25, 0.3) is 0 Å². The van der Waals surface area contributed by atoms with E-state index in [2.05, 4.69) is 10.9 Å². The Labute approximate surface area is 136 Å². The van der Waals surface area contributed by atoms with Crippen LogP contribution in [0.2, 0.25) is 5.02 Å². The number of benzene rings is 2. The fourth-order valence-corrected chi connectivity index (χ4v) is 2.11. The maximum absolute atomic E-state index is 13.5. The first-order valence-electron chi connectivity index (χ1n) is 6.70. The molecule has 0 saturated heterocycles. The average Bonchev–Trinajstić information content (AvgIpc) is 2.51. The molecule has 2 rings (SSSR count). The highest BCUT2D eigenvalue weighted by Gasteiger charge is 2.12. The number of carbonyl (C=O) groups excluding carboxylic acids is 2. The van der Waals surface area contributed by atoms with Crippen LogP contribution in [0.5, 0.6) is 0 Å². The third kappa shape index (κ3) is 5.03. The normalized spacial score (nSPS) is 10.2. The van der Waals surface area contributed by atoms with E-state index in [4.69, 9.17) is 11.6 Å². The van der Waals surface area contributed by atoms with Crippen molar-refractivity contribution >= 4 is 23.4 Å². The van der Waals surface area contributed by atoms with E-state index < -0.39 is 23.4 Å². The van der Waals surface area contributed by atoms with Gasteiger partial charge in [0.05, 0.1) is 12.8 Å². The predicted molar refractivity (Wildman–Crippen MR) is 81.5 cm³/mol. The molecule has 0 heterocycles. The van der Waals surface area contributed by atoms with Gasteiger partial charge in [0, 0.05) is 10.6 Å². The minimum Gasteiger partial charge on any atom is -0.273 e. The van der Waals surface area contributed by atoms with Gasteiger partial charge in [0.15, 0.2) is 0 Å². The molecule has 23 heavy (non-hydrogen) atoms. The Balaban J connectivity index is 1.84. The molecule has 0 fully saturated rings. The zero-order valence-corrected chi connectivity index (χ0v) is 12.7. The van der Waals surface area contributed by atoms with Gasteiger partial charge in [0.1, 0.15) is 11.6 Å². The summed E-state index contributed by atoms with van der Waals surface area (Å²) >= 11 is 5.82. The van der Waals surface area contributed by atoms with Crippen molar-refractivity contribution in [3.05, 3.63) is 70.2 Å². The summed E-state index contributed by atoms with van der Waals surface area (Å²) in [4.78, 5) is 23.4. The van der Waals surface area contributed by atoms with Crippen molar-refractivity contribution in [1.29, 1.82) is 0 Å². The first kappa shape index (κ1) is 16.9. The van der Waals surface area contributed by atoms with Crippen LogP contribution in [0.15, 0.2) is 42.5 Å². The summed E-state index contributed by atoms with van der Waals surface area (Å²) < 4.78 is 26.3. The van der Waals surface area contributed by atoms with Crippen molar-refractivity contribution in [2.45, 2.75) is 12.8 Å². The Hall–Kier alpha value is -2.47. The molecule has 2 aromatic carbocycles. The van der Waals surface area contributed by atoms with Gasteiger partial charge in [-0.1, -0.05) is 29.8 Å². The van der Waals surface area contributed by atoms with Crippen molar-refractivity contribution in [2.75, 3.05) is 0 Å². The second kappa shape index (κ2) is 7.69. The van der Waals surface area contributed by atoms with Crippen LogP contribution in [-0.4, -0.2) is 11.8 Å². The number of carbonyl (C=O) groups is 2. The molecule has 0 spiro atoms. The van der Waals surface area contributed by atoms with Crippen LogP contribution in [0, 0.1) is 11.6 Å². The van der Waals surface area contributed by atoms with E-state index in [1.807, 2.05) is 0 Å². The van der Waals surface area contributed by atoms with Crippen LogP contribution in [0.4, 0.5) is 8.78 Å². The zero-order chi connectivity index (χ0) is 16.8. The van der Waals surface area contributed by atoms with E-state index in [-0.39, 0.29) is 23.4 Å². The standard InChI is InChI=1S/C16H13ClF2N2O2/c17-13-2-1-3-14(19)12(13)9-16(23)21-20-15(22)8-10-4-6-11(18)7-5-10/h1-7H,8-9H2,(H,20,22)(H,21,23). The third-order valence-electron chi connectivity index (χ3n) is 3.02. The van der Waals surface area contributed by atoms with E-state index in [1.54, 1.807) is 0 Å². The topological polar surface area (TPSA) is 58.2 Å². The molecule has 0 atom stereocenters. The molecule has 0 aliphatic rings. The number of hydrazine groups is 1. The Morgan fingerprint density at radius 1 is 0.913 bits per heavy atom. The molecular weight excluding hydrogens is 326 g/mol. The van der Waals surface area contributed by atoms with Crippen molar-refractivity contribution < 1.29 is 18.4 Å². The highest BCUT2D eigenvalue weighted by Crippen LogP contribution is 2.19. The van der Waals surface area contributed by atoms with Gasteiger partial charge in [-0.15, -0.1) is 0 Å². The van der Waals surface area contributed by atoms with Gasteiger partial charge < -0.3 is 0 Å². The van der Waals surface area contributed by atoms with Crippen molar-refractivity contribution in [3.8, 4) is 0 Å². The van der Waals surface area contributed by atoms with Crippen LogP contribution >= 0.6 is 11.6 Å². The van der Waals surface area contributed by atoms with E-state index in [1.165, 1.54) is 42.5 Å². The van der Waals surface area contributed by atoms with Gasteiger partial charge in [-0.2, -0.15) is 0 Å². The number of rotatable bonds is 4. The van der Waals surface area contributed by atoms with Crippen LogP contribution in [0.25, 0.3) is 0 Å². The lowest BCUT2D eigenvalue weighted by Gasteiger charge is -2.09. The smallest absolute Gasteiger partial charge is 0.242 e. The van der Waals surface area contributed by atoms with Gasteiger partial charge in [-0.05, 0) is 29.8 Å². The first-order valence-corrected chi connectivity index (χ1v) is 7.08. The highest BCUT2D eigenvalue weighted by atomic mass is 35.5. The Bertz CT molecular complexity index is 700. The van der Waals surface area contributed by atoms with E-state index in [0.717, 1.165) is 0 Å². The molecule has 4 nitrogen and oxygen atoms in total. The summed E-state index contributed by atoms with van der Waals surface area (Å²) in [7, 11) is 0. The zero-order valence-electron chi connectivity index (χ0n) is 11.9. The Morgan fingerprint density at radius 2 is 1.52 bits per heavy atom. The average molecular weight is 339 g/mol. The summed E-state index contributed by atoms with van der Waals surface area (Å²) in [5, 5.41) is 0.137. The predicted octanol–water partition coefficient (Wildman–Crippen LogP) is 2.55. The molecule has 0 aliphatic carbocycles. The highest BCUT2D eigenvalue weighted by molar-refractivity contribution is 6.31. The summed E-state index contributed by atoms with van der Waals surface area (Å²) in [5.74, 6) is -2.08. The molecule has 2 N–H and O–H groups in total. The van der Waals surface area contributed by atoms with Crippen molar-refractivity contribution in [2.24, 2.45) is 0 Å². The maximum Gasteiger partial charge on any atom is 0.242 e. The number of hydrogen-bond acceptors (Lipinski definition) is 2. The number of hydrogen-bond donors (Lipinski definition) is 2. The number of amides is 2. The molecule has 2 aromatic rings. The second-order valence-electron chi connectivity index (χ2n) is 4.78. The minimum atomic E-state index is -0.607. The molecule has 120 valence electrons. The SMILES string of the molecule is O=C(Cc1ccc(F)cc1)NNC(=O)Cc1c(F)cccc1Cl. The third-order valence-corrected chi connectivity index (χ3v) is 3.37. The molecule has 0 aromatic heterocycles. The molecule has 0 saturated carbocycles. The van der Waals surface area contributed by atoms with E-state index >= 15 is 0 Å². The van der Waals surface area contributed by atoms with E-state index in [9.17, 15) is 18.4 Å². The quantitative estimate of drug-likeness (QED) is 0.842. The lowest BCUT2D eigenvalue weighted by molar-refractivity contribution is -0.128. The maximum atomic E-state index is 13.5. The lowest BCUT2D eigenvalue weighted by Crippen LogP contribution is -2.43. The molecule has 2 amide bonds. The fourth-order valence-electron chi connectivity index (χ4n) is 1.88. The summed E-state index contributed by atoms with van der Waals surface area (Å²) in [5.41, 5.74) is 5.03. The molecular formula is C16H13ClF2N2O2. The van der Waals surface area contributed by atoms with Crippen LogP contribution in [0.1, 0.15) is 11.1 Å². The molecule has 7 heteroatoms.